The minimum atomic E-state index is -0.182. The fraction of sp³-hybridized carbons (Fsp3) is 0.600. The van der Waals surface area contributed by atoms with Crippen molar-refractivity contribution in [1.82, 2.24) is 10.0 Å². The third-order valence-electron chi connectivity index (χ3n) is 2.81. The third kappa shape index (κ3) is 1.76. The van der Waals surface area contributed by atoms with Crippen molar-refractivity contribution in [3.8, 4) is 0 Å². The molecule has 1 unspecified atom stereocenters. The first-order valence-electron chi connectivity index (χ1n) is 5.21. The molecule has 0 aliphatic carbocycles. The van der Waals surface area contributed by atoms with Crippen molar-refractivity contribution >= 4 is 0 Å². The predicted octanol–water partition coefficient (Wildman–Crippen LogP) is 0.344. The highest BCUT2D eigenvalue weighted by molar-refractivity contribution is 5.19. The summed E-state index contributed by atoms with van der Waals surface area (Å²) in [6, 6.07) is 0. The first-order valence-corrected chi connectivity index (χ1v) is 5.21. The summed E-state index contributed by atoms with van der Waals surface area (Å²) in [6.45, 7) is 2.18. The van der Waals surface area contributed by atoms with Crippen LogP contribution in [0.3, 0.4) is 0 Å². The smallest absolute Gasteiger partial charge is 0.132 e. The number of nitrogens with zero attached hydrogens (tertiary/aromatic N) is 2. The van der Waals surface area contributed by atoms with Crippen LogP contribution in [0, 0.1) is 0 Å². The molecule has 4 N–H and O–H groups in total. The predicted molar refractivity (Wildman–Crippen MR) is 56.6 cm³/mol. The molecule has 0 bridgehead atoms. The van der Waals surface area contributed by atoms with E-state index in [-0.39, 0.29) is 6.17 Å². The van der Waals surface area contributed by atoms with Gasteiger partial charge in [0.05, 0.1) is 0 Å². The van der Waals surface area contributed by atoms with Crippen molar-refractivity contribution in [2.45, 2.75) is 25.4 Å². The molecule has 0 radical (unpaired) electrons. The molecule has 4 heteroatoms. The van der Waals surface area contributed by atoms with Crippen LogP contribution in [0.1, 0.15) is 19.3 Å². The molecule has 0 amide bonds. The highest BCUT2D eigenvalue weighted by atomic mass is 15.6. The van der Waals surface area contributed by atoms with Gasteiger partial charge >= 0.3 is 0 Å². The molecule has 0 saturated carbocycles. The summed E-state index contributed by atoms with van der Waals surface area (Å²) >= 11 is 0. The molecule has 1 saturated heterocycles. The van der Waals surface area contributed by atoms with Gasteiger partial charge in [-0.05, 0) is 25.0 Å². The molecule has 0 aromatic rings. The van der Waals surface area contributed by atoms with E-state index in [1.807, 2.05) is 18.4 Å². The van der Waals surface area contributed by atoms with Gasteiger partial charge < -0.3 is 11.5 Å². The third-order valence-corrected chi connectivity index (χ3v) is 2.81. The van der Waals surface area contributed by atoms with Gasteiger partial charge in [-0.15, -0.1) is 0 Å². The van der Waals surface area contributed by atoms with E-state index in [0.29, 0.717) is 0 Å². The average Bonchev–Trinajstić information content (AvgIpc) is 2.23. The maximum Gasteiger partial charge on any atom is 0.132 e. The van der Waals surface area contributed by atoms with Crippen molar-refractivity contribution in [1.29, 1.82) is 0 Å². The fourth-order valence-corrected chi connectivity index (χ4v) is 1.96. The number of hydrazine groups is 1. The maximum absolute atomic E-state index is 5.99. The van der Waals surface area contributed by atoms with Crippen molar-refractivity contribution in [3.05, 3.63) is 24.0 Å². The summed E-state index contributed by atoms with van der Waals surface area (Å²) in [5, 5.41) is 4.33. The summed E-state index contributed by atoms with van der Waals surface area (Å²) in [5.74, 6) is 0. The Balaban J connectivity index is 2.03. The number of nitrogens with two attached hydrogens (primary N) is 2. The molecule has 2 heterocycles. The number of hydrogen-bond donors (Lipinski definition) is 2. The standard InChI is InChI=1S/C10H18N4/c11-9-5-4-8-14(10(9)12)13-6-2-1-3-7-13/h4-5,8,10H,1-3,6-7,11-12H2. The average molecular weight is 194 g/mol. The second-order valence-electron chi connectivity index (χ2n) is 3.85. The van der Waals surface area contributed by atoms with E-state index in [0.717, 1.165) is 18.8 Å². The van der Waals surface area contributed by atoms with Crippen molar-refractivity contribution in [2.24, 2.45) is 11.5 Å². The van der Waals surface area contributed by atoms with Gasteiger partial charge in [0.25, 0.3) is 0 Å². The molecule has 1 fully saturated rings. The van der Waals surface area contributed by atoms with Gasteiger partial charge in [0.15, 0.2) is 0 Å². The van der Waals surface area contributed by atoms with Gasteiger partial charge in [-0.3, -0.25) is 5.01 Å². The van der Waals surface area contributed by atoms with E-state index >= 15 is 0 Å². The number of piperidine rings is 1. The van der Waals surface area contributed by atoms with Crippen LogP contribution in [-0.4, -0.2) is 29.3 Å². The maximum atomic E-state index is 5.99. The lowest BCUT2D eigenvalue weighted by Gasteiger charge is -2.41. The topological polar surface area (TPSA) is 58.5 Å². The summed E-state index contributed by atoms with van der Waals surface area (Å²) in [5.41, 5.74) is 12.5. The van der Waals surface area contributed by atoms with Crippen LogP contribution in [-0.2, 0) is 0 Å². The van der Waals surface area contributed by atoms with E-state index in [1.165, 1.54) is 19.3 Å². The lowest BCUT2D eigenvalue weighted by Crippen LogP contribution is -2.54. The highest BCUT2D eigenvalue weighted by Crippen LogP contribution is 2.17. The SMILES string of the molecule is NC1=CC=CN(N2CCCCC2)C1N. The molecule has 78 valence electrons. The normalized spacial score (nSPS) is 29.1. The lowest BCUT2D eigenvalue weighted by molar-refractivity contribution is -0.0199. The van der Waals surface area contributed by atoms with Crippen molar-refractivity contribution < 1.29 is 0 Å². The Hall–Kier alpha value is -1.00. The Labute approximate surface area is 84.8 Å². The van der Waals surface area contributed by atoms with Crippen LogP contribution >= 0.6 is 0 Å². The molecule has 0 aromatic carbocycles. The van der Waals surface area contributed by atoms with Crippen LogP contribution in [0.5, 0.6) is 0 Å². The highest BCUT2D eigenvalue weighted by Gasteiger charge is 2.23. The van der Waals surface area contributed by atoms with Crippen LogP contribution in [0.15, 0.2) is 24.0 Å². The zero-order chi connectivity index (χ0) is 9.97. The van der Waals surface area contributed by atoms with E-state index in [9.17, 15) is 0 Å². The van der Waals surface area contributed by atoms with Crippen molar-refractivity contribution in [3.63, 3.8) is 0 Å². The monoisotopic (exact) mass is 194 g/mol. The Morgan fingerprint density at radius 3 is 2.64 bits per heavy atom. The summed E-state index contributed by atoms with van der Waals surface area (Å²) in [4.78, 5) is 0. The quantitative estimate of drug-likeness (QED) is 0.632. The van der Waals surface area contributed by atoms with Gasteiger partial charge in [-0.25, -0.2) is 5.01 Å². The largest absolute Gasteiger partial charge is 0.399 e. The molecule has 2 aliphatic heterocycles. The Morgan fingerprint density at radius 1 is 1.21 bits per heavy atom. The Bertz CT molecular complexity index is 253. The van der Waals surface area contributed by atoms with Gasteiger partial charge in [-0.1, -0.05) is 6.42 Å². The second-order valence-corrected chi connectivity index (χ2v) is 3.85. The number of hydrogen-bond acceptors (Lipinski definition) is 4. The minimum Gasteiger partial charge on any atom is -0.399 e. The molecule has 1 atom stereocenters. The van der Waals surface area contributed by atoms with Gasteiger partial charge in [0, 0.05) is 25.0 Å². The molecule has 2 aliphatic rings. The van der Waals surface area contributed by atoms with E-state index < -0.39 is 0 Å². The molecule has 0 spiro atoms. The van der Waals surface area contributed by atoms with E-state index in [2.05, 4.69) is 10.0 Å². The molecular formula is C10H18N4. The molecular weight excluding hydrogens is 176 g/mol. The van der Waals surface area contributed by atoms with Gasteiger partial charge in [0.1, 0.15) is 6.17 Å². The van der Waals surface area contributed by atoms with Crippen LogP contribution in [0.25, 0.3) is 0 Å². The molecule has 14 heavy (non-hydrogen) atoms. The van der Waals surface area contributed by atoms with Gasteiger partial charge in [-0.2, -0.15) is 0 Å². The lowest BCUT2D eigenvalue weighted by atomic mass is 10.1. The van der Waals surface area contributed by atoms with Gasteiger partial charge in [0.2, 0.25) is 0 Å². The zero-order valence-electron chi connectivity index (χ0n) is 8.39. The van der Waals surface area contributed by atoms with Crippen LogP contribution in [0.2, 0.25) is 0 Å². The summed E-state index contributed by atoms with van der Waals surface area (Å²) in [6.07, 6.45) is 9.47. The summed E-state index contributed by atoms with van der Waals surface area (Å²) in [7, 11) is 0. The van der Waals surface area contributed by atoms with Crippen LogP contribution < -0.4 is 11.5 Å². The molecule has 2 rings (SSSR count). The van der Waals surface area contributed by atoms with E-state index in [4.69, 9.17) is 11.5 Å². The fourth-order valence-electron chi connectivity index (χ4n) is 1.96. The zero-order valence-corrected chi connectivity index (χ0v) is 8.39. The second kappa shape index (κ2) is 4.02. The summed E-state index contributed by atoms with van der Waals surface area (Å²) < 4.78 is 0. The number of allylic oxidation sites excluding steroid dienone is 2. The first-order chi connectivity index (χ1) is 6.79. The van der Waals surface area contributed by atoms with Crippen LogP contribution in [0.4, 0.5) is 0 Å². The molecule has 0 aromatic heterocycles. The molecule has 4 nitrogen and oxygen atoms in total. The Kier molecular flexibility index (Phi) is 2.74. The van der Waals surface area contributed by atoms with E-state index in [1.54, 1.807) is 0 Å². The number of rotatable bonds is 1. The first kappa shape index (κ1) is 9.55. The Morgan fingerprint density at radius 2 is 1.93 bits per heavy atom. The van der Waals surface area contributed by atoms with Crippen molar-refractivity contribution in [2.75, 3.05) is 13.1 Å². The minimum absolute atomic E-state index is 0.182.